The molecule has 0 saturated heterocycles. The first kappa shape index (κ1) is 14.4. The number of hydrogen-bond acceptors (Lipinski definition) is 4. The molecule has 6 heteroatoms. The molecule has 0 spiro atoms. The number of ether oxygens (including phenoxy) is 2. The standard InChI is InChI=1S/C16H18N2O4/c1-21-12-4-6-14(15(8-12)22-2)18-13-5-3-10(16(19)20)7-11(13)9-17-18/h4,6,8-10H,3,5,7H2,1-2H3,(H,19,20). The largest absolute Gasteiger partial charge is 0.497 e. The van der Waals surface area contributed by atoms with Crippen molar-refractivity contribution in [3.63, 3.8) is 0 Å². The Morgan fingerprint density at radius 3 is 2.86 bits per heavy atom. The lowest BCUT2D eigenvalue weighted by Crippen LogP contribution is -2.22. The molecule has 0 amide bonds. The predicted molar refractivity (Wildman–Crippen MR) is 79.8 cm³/mol. The van der Waals surface area contributed by atoms with Crippen molar-refractivity contribution in [2.75, 3.05) is 14.2 Å². The van der Waals surface area contributed by atoms with E-state index in [2.05, 4.69) is 5.10 Å². The van der Waals surface area contributed by atoms with Crippen LogP contribution in [0.2, 0.25) is 0 Å². The second-order valence-corrected chi connectivity index (χ2v) is 5.34. The van der Waals surface area contributed by atoms with Gasteiger partial charge in [-0.05, 0) is 37.0 Å². The fourth-order valence-electron chi connectivity index (χ4n) is 2.90. The van der Waals surface area contributed by atoms with Crippen molar-refractivity contribution in [2.45, 2.75) is 19.3 Å². The minimum Gasteiger partial charge on any atom is -0.497 e. The zero-order valence-electron chi connectivity index (χ0n) is 12.6. The van der Waals surface area contributed by atoms with E-state index in [-0.39, 0.29) is 5.92 Å². The molecule has 0 bridgehead atoms. The molecule has 1 atom stereocenters. The van der Waals surface area contributed by atoms with Gasteiger partial charge in [-0.3, -0.25) is 4.79 Å². The van der Waals surface area contributed by atoms with Crippen molar-refractivity contribution in [1.29, 1.82) is 0 Å². The summed E-state index contributed by atoms with van der Waals surface area (Å²) < 4.78 is 12.5. The first-order valence-corrected chi connectivity index (χ1v) is 7.15. The van der Waals surface area contributed by atoms with Crippen LogP contribution in [0, 0.1) is 5.92 Å². The van der Waals surface area contributed by atoms with Crippen molar-refractivity contribution in [2.24, 2.45) is 5.92 Å². The lowest BCUT2D eigenvalue weighted by molar-refractivity contribution is -0.142. The highest BCUT2D eigenvalue weighted by Crippen LogP contribution is 2.32. The molecule has 2 aromatic rings. The van der Waals surface area contributed by atoms with Gasteiger partial charge in [0.15, 0.2) is 0 Å². The summed E-state index contributed by atoms with van der Waals surface area (Å²) in [5.74, 6) is 0.335. The van der Waals surface area contributed by atoms with Gasteiger partial charge >= 0.3 is 5.97 Å². The van der Waals surface area contributed by atoms with Crippen molar-refractivity contribution in [3.8, 4) is 17.2 Å². The molecule has 1 aliphatic carbocycles. The van der Waals surface area contributed by atoms with Gasteiger partial charge in [-0.25, -0.2) is 4.68 Å². The molecule has 116 valence electrons. The van der Waals surface area contributed by atoms with Crippen molar-refractivity contribution < 1.29 is 19.4 Å². The van der Waals surface area contributed by atoms with Gasteiger partial charge in [0, 0.05) is 11.8 Å². The molecule has 0 aliphatic heterocycles. The molecule has 0 saturated carbocycles. The fourth-order valence-corrected chi connectivity index (χ4v) is 2.90. The van der Waals surface area contributed by atoms with E-state index in [4.69, 9.17) is 14.6 Å². The minimum atomic E-state index is -0.736. The van der Waals surface area contributed by atoms with Gasteiger partial charge in [0.05, 0.1) is 26.3 Å². The van der Waals surface area contributed by atoms with Crippen LogP contribution >= 0.6 is 0 Å². The Labute approximate surface area is 128 Å². The summed E-state index contributed by atoms with van der Waals surface area (Å²) in [4.78, 5) is 11.2. The highest BCUT2D eigenvalue weighted by Gasteiger charge is 2.27. The van der Waals surface area contributed by atoms with Crippen LogP contribution in [0.4, 0.5) is 0 Å². The van der Waals surface area contributed by atoms with Crippen LogP contribution in [0.25, 0.3) is 5.69 Å². The molecule has 1 N–H and O–H groups in total. The number of fused-ring (bicyclic) bond motifs is 1. The molecule has 1 aromatic heterocycles. The number of benzene rings is 1. The maximum Gasteiger partial charge on any atom is 0.306 e. The molecule has 6 nitrogen and oxygen atoms in total. The zero-order chi connectivity index (χ0) is 15.7. The first-order valence-electron chi connectivity index (χ1n) is 7.15. The van der Waals surface area contributed by atoms with Gasteiger partial charge in [-0.15, -0.1) is 0 Å². The second-order valence-electron chi connectivity index (χ2n) is 5.34. The molecule has 22 heavy (non-hydrogen) atoms. The highest BCUT2D eigenvalue weighted by atomic mass is 16.5. The average Bonchev–Trinajstić information content (AvgIpc) is 2.97. The van der Waals surface area contributed by atoms with E-state index < -0.39 is 5.97 Å². The quantitative estimate of drug-likeness (QED) is 0.936. The van der Waals surface area contributed by atoms with Gasteiger partial charge in [0.25, 0.3) is 0 Å². The van der Waals surface area contributed by atoms with Crippen LogP contribution in [0.5, 0.6) is 11.5 Å². The summed E-state index contributed by atoms with van der Waals surface area (Å²) in [6, 6.07) is 5.56. The molecular weight excluding hydrogens is 284 g/mol. The van der Waals surface area contributed by atoms with Crippen LogP contribution in [0.3, 0.4) is 0 Å². The maximum absolute atomic E-state index is 11.2. The summed E-state index contributed by atoms with van der Waals surface area (Å²) in [5.41, 5.74) is 2.89. The van der Waals surface area contributed by atoms with Gasteiger partial charge in [0.1, 0.15) is 17.2 Å². The maximum atomic E-state index is 11.2. The summed E-state index contributed by atoms with van der Waals surface area (Å²) >= 11 is 0. The Kier molecular flexibility index (Phi) is 3.75. The van der Waals surface area contributed by atoms with Gasteiger partial charge in [-0.1, -0.05) is 0 Å². The number of aromatic nitrogens is 2. The molecule has 0 radical (unpaired) electrons. The van der Waals surface area contributed by atoms with E-state index in [1.54, 1.807) is 20.4 Å². The van der Waals surface area contributed by atoms with Crippen LogP contribution < -0.4 is 9.47 Å². The summed E-state index contributed by atoms with van der Waals surface area (Å²) in [7, 11) is 3.21. The normalized spacial score (nSPS) is 16.9. The molecule has 1 heterocycles. The van der Waals surface area contributed by atoms with Crippen LogP contribution in [0.15, 0.2) is 24.4 Å². The molecule has 3 rings (SSSR count). The van der Waals surface area contributed by atoms with E-state index in [0.29, 0.717) is 30.8 Å². The number of carboxylic acids is 1. The number of carbonyl (C=O) groups is 1. The Balaban J connectivity index is 2.00. The smallest absolute Gasteiger partial charge is 0.306 e. The number of methoxy groups -OCH3 is 2. The first-order chi connectivity index (χ1) is 10.6. The van der Waals surface area contributed by atoms with E-state index in [9.17, 15) is 4.79 Å². The minimum absolute atomic E-state index is 0.317. The van der Waals surface area contributed by atoms with Crippen LogP contribution in [-0.4, -0.2) is 35.1 Å². The van der Waals surface area contributed by atoms with Crippen molar-refractivity contribution >= 4 is 5.97 Å². The molecule has 0 fully saturated rings. The summed E-state index contributed by atoms with van der Waals surface area (Å²) in [6.45, 7) is 0. The Morgan fingerprint density at radius 1 is 1.36 bits per heavy atom. The fraction of sp³-hybridized carbons (Fsp3) is 0.375. The predicted octanol–water partition coefficient (Wildman–Crippen LogP) is 2.08. The van der Waals surface area contributed by atoms with Gasteiger partial charge < -0.3 is 14.6 Å². The molecule has 1 unspecified atom stereocenters. The number of hydrogen-bond donors (Lipinski definition) is 1. The third-order valence-electron chi connectivity index (χ3n) is 4.12. The third kappa shape index (κ3) is 2.41. The van der Waals surface area contributed by atoms with Crippen LogP contribution in [-0.2, 0) is 17.6 Å². The number of rotatable bonds is 4. The van der Waals surface area contributed by atoms with Crippen LogP contribution in [0.1, 0.15) is 17.7 Å². The Hall–Kier alpha value is -2.50. The van der Waals surface area contributed by atoms with E-state index >= 15 is 0 Å². The van der Waals surface area contributed by atoms with Crippen molar-refractivity contribution in [3.05, 3.63) is 35.7 Å². The number of carboxylic acid groups (broad SMARTS) is 1. The third-order valence-corrected chi connectivity index (χ3v) is 4.12. The summed E-state index contributed by atoms with van der Waals surface area (Å²) in [5, 5.41) is 13.6. The summed E-state index contributed by atoms with van der Waals surface area (Å²) in [6.07, 6.45) is 3.62. The van der Waals surface area contributed by atoms with Gasteiger partial charge in [0.2, 0.25) is 0 Å². The lowest BCUT2D eigenvalue weighted by atomic mass is 9.88. The lowest BCUT2D eigenvalue weighted by Gasteiger charge is -2.20. The SMILES string of the molecule is COc1ccc(-n2ncc3c2CCC(C(=O)O)C3)c(OC)c1. The highest BCUT2D eigenvalue weighted by molar-refractivity contribution is 5.71. The topological polar surface area (TPSA) is 73.6 Å². The average molecular weight is 302 g/mol. The molecule has 1 aromatic carbocycles. The van der Waals surface area contributed by atoms with Crippen molar-refractivity contribution in [1.82, 2.24) is 9.78 Å². The van der Waals surface area contributed by atoms with Gasteiger partial charge in [-0.2, -0.15) is 5.10 Å². The number of nitrogens with zero attached hydrogens (tertiary/aromatic N) is 2. The Bertz CT molecular complexity index is 708. The molecule has 1 aliphatic rings. The van der Waals surface area contributed by atoms with E-state index in [0.717, 1.165) is 16.9 Å². The zero-order valence-corrected chi connectivity index (χ0v) is 12.6. The van der Waals surface area contributed by atoms with E-state index in [1.165, 1.54) is 0 Å². The number of aliphatic carboxylic acids is 1. The second kappa shape index (κ2) is 5.71. The monoisotopic (exact) mass is 302 g/mol. The molecular formula is C16H18N2O4. The van der Waals surface area contributed by atoms with E-state index in [1.807, 2.05) is 22.9 Å². The Morgan fingerprint density at radius 2 is 2.18 bits per heavy atom.